The molecule has 2 heteroatoms. The minimum Gasteiger partial charge on any atom is -0.193 e. The fourth-order valence-electron chi connectivity index (χ4n) is 0.750. The SMILES string of the molecule is C/N=N/C=Cc1ccccc1. The van der Waals surface area contributed by atoms with E-state index in [9.17, 15) is 0 Å². The number of hydrogen-bond donors (Lipinski definition) is 0. The third kappa shape index (κ3) is 2.76. The van der Waals surface area contributed by atoms with E-state index in [-0.39, 0.29) is 0 Å². The molecule has 0 aliphatic rings. The zero-order valence-corrected chi connectivity index (χ0v) is 6.44. The molecule has 56 valence electrons. The van der Waals surface area contributed by atoms with Crippen molar-refractivity contribution in [3.63, 3.8) is 0 Å². The van der Waals surface area contributed by atoms with Gasteiger partial charge in [0.1, 0.15) is 0 Å². The molecule has 0 aromatic heterocycles. The summed E-state index contributed by atoms with van der Waals surface area (Å²) in [5, 5.41) is 7.30. The summed E-state index contributed by atoms with van der Waals surface area (Å²) >= 11 is 0. The second kappa shape index (κ2) is 4.39. The second-order valence-electron chi connectivity index (χ2n) is 2.04. The summed E-state index contributed by atoms with van der Waals surface area (Å²) in [6, 6.07) is 9.99. The molecular weight excluding hydrogens is 136 g/mol. The maximum absolute atomic E-state index is 3.71. The van der Waals surface area contributed by atoms with E-state index >= 15 is 0 Å². The van der Waals surface area contributed by atoms with E-state index in [2.05, 4.69) is 10.2 Å². The molecule has 0 fully saturated rings. The Kier molecular flexibility index (Phi) is 3.06. The van der Waals surface area contributed by atoms with Gasteiger partial charge < -0.3 is 0 Å². The molecule has 0 N–H and O–H groups in total. The number of hydrogen-bond acceptors (Lipinski definition) is 2. The van der Waals surface area contributed by atoms with Gasteiger partial charge in [0.05, 0.1) is 0 Å². The van der Waals surface area contributed by atoms with Gasteiger partial charge in [0.25, 0.3) is 0 Å². The molecule has 0 unspecified atom stereocenters. The predicted octanol–water partition coefficient (Wildman–Crippen LogP) is 2.74. The molecule has 1 aromatic carbocycles. The Balaban J connectivity index is 2.64. The van der Waals surface area contributed by atoms with E-state index in [0.29, 0.717) is 0 Å². The first-order valence-electron chi connectivity index (χ1n) is 3.44. The predicted molar refractivity (Wildman–Crippen MR) is 46.3 cm³/mol. The average molecular weight is 146 g/mol. The van der Waals surface area contributed by atoms with Crippen molar-refractivity contribution in [1.29, 1.82) is 0 Å². The summed E-state index contributed by atoms with van der Waals surface area (Å²) in [7, 11) is 1.65. The van der Waals surface area contributed by atoms with Crippen LogP contribution in [0.1, 0.15) is 5.56 Å². The van der Waals surface area contributed by atoms with Crippen molar-refractivity contribution in [2.45, 2.75) is 0 Å². The first kappa shape index (κ1) is 7.66. The molecule has 0 aliphatic heterocycles. The smallest absolute Gasteiger partial charge is 0.0497 e. The number of benzene rings is 1. The Morgan fingerprint density at radius 2 is 1.91 bits per heavy atom. The maximum Gasteiger partial charge on any atom is 0.0497 e. The quantitative estimate of drug-likeness (QED) is 0.573. The van der Waals surface area contributed by atoms with Crippen LogP contribution in [0.15, 0.2) is 46.8 Å². The van der Waals surface area contributed by atoms with Gasteiger partial charge in [0, 0.05) is 13.2 Å². The summed E-state index contributed by atoms with van der Waals surface area (Å²) < 4.78 is 0. The lowest BCUT2D eigenvalue weighted by Gasteiger charge is -1.87. The zero-order valence-electron chi connectivity index (χ0n) is 6.44. The molecule has 2 nitrogen and oxygen atoms in total. The van der Waals surface area contributed by atoms with E-state index in [0.717, 1.165) is 5.56 Å². The van der Waals surface area contributed by atoms with E-state index < -0.39 is 0 Å². The van der Waals surface area contributed by atoms with Crippen molar-refractivity contribution in [3.8, 4) is 0 Å². The van der Waals surface area contributed by atoms with Crippen LogP contribution in [0.3, 0.4) is 0 Å². The van der Waals surface area contributed by atoms with Crippen LogP contribution < -0.4 is 0 Å². The van der Waals surface area contributed by atoms with Crippen LogP contribution in [0.5, 0.6) is 0 Å². The molecule has 0 spiro atoms. The van der Waals surface area contributed by atoms with Crippen LogP contribution >= 0.6 is 0 Å². The van der Waals surface area contributed by atoms with Crippen molar-refractivity contribution in [1.82, 2.24) is 0 Å². The molecule has 11 heavy (non-hydrogen) atoms. The van der Waals surface area contributed by atoms with Gasteiger partial charge >= 0.3 is 0 Å². The Hall–Kier alpha value is -1.44. The fourth-order valence-corrected chi connectivity index (χ4v) is 0.750. The molecule has 0 saturated carbocycles. The molecule has 0 bridgehead atoms. The van der Waals surface area contributed by atoms with Crippen LogP contribution in [0.4, 0.5) is 0 Å². The summed E-state index contributed by atoms with van der Waals surface area (Å²) in [5.74, 6) is 0. The van der Waals surface area contributed by atoms with Crippen LogP contribution in [0.25, 0.3) is 6.08 Å². The Morgan fingerprint density at radius 1 is 1.18 bits per heavy atom. The molecule has 0 aliphatic carbocycles. The lowest BCUT2D eigenvalue weighted by molar-refractivity contribution is 1.17. The van der Waals surface area contributed by atoms with E-state index in [1.54, 1.807) is 13.2 Å². The van der Waals surface area contributed by atoms with Crippen LogP contribution in [0, 0.1) is 0 Å². The Labute approximate surface area is 66.3 Å². The van der Waals surface area contributed by atoms with Crippen molar-refractivity contribution in [2.75, 3.05) is 7.05 Å². The minimum atomic E-state index is 1.14. The normalized spacial score (nSPS) is 11.4. The van der Waals surface area contributed by atoms with Crippen molar-refractivity contribution >= 4 is 6.08 Å². The van der Waals surface area contributed by atoms with E-state index in [1.807, 2.05) is 36.4 Å². The monoisotopic (exact) mass is 146 g/mol. The van der Waals surface area contributed by atoms with E-state index in [4.69, 9.17) is 0 Å². The highest BCUT2D eigenvalue weighted by atomic mass is 15.1. The van der Waals surface area contributed by atoms with Crippen LogP contribution in [0.2, 0.25) is 0 Å². The van der Waals surface area contributed by atoms with Gasteiger partial charge in [-0.2, -0.15) is 10.2 Å². The van der Waals surface area contributed by atoms with Gasteiger partial charge in [-0.1, -0.05) is 30.3 Å². The van der Waals surface area contributed by atoms with Gasteiger partial charge in [-0.25, -0.2) is 0 Å². The number of azo groups is 1. The Bertz CT molecular complexity index is 250. The highest BCUT2D eigenvalue weighted by Gasteiger charge is 1.79. The topological polar surface area (TPSA) is 24.7 Å². The number of rotatable bonds is 2. The molecule has 0 heterocycles. The highest BCUT2D eigenvalue weighted by Crippen LogP contribution is 2.00. The van der Waals surface area contributed by atoms with E-state index in [1.165, 1.54) is 0 Å². The van der Waals surface area contributed by atoms with Gasteiger partial charge in [-0.3, -0.25) is 0 Å². The largest absolute Gasteiger partial charge is 0.193 e. The molecule has 0 atom stereocenters. The highest BCUT2D eigenvalue weighted by molar-refractivity contribution is 5.48. The first-order chi connectivity index (χ1) is 5.43. The third-order valence-electron chi connectivity index (χ3n) is 1.25. The molecule has 0 saturated heterocycles. The van der Waals surface area contributed by atoms with Crippen molar-refractivity contribution in [3.05, 3.63) is 42.1 Å². The second-order valence-corrected chi connectivity index (χ2v) is 2.04. The lowest BCUT2D eigenvalue weighted by Crippen LogP contribution is -1.66. The Morgan fingerprint density at radius 3 is 2.55 bits per heavy atom. The average Bonchev–Trinajstić information content (AvgIpc) is 2.07. The molecule has 0 amide bonds. The summed E-state index contributed by atoms with van der Waals surface area (Å²) in [6.45, 7) is 0. The molecule has 1 rings (SSSR count). The van der Waals surface area contributed by atoms with Crippen molar-refractivity contribution in [2.24, 2.45) is 10.2 Å². The summed E-state index contributed by atoms with van der Waals surface area (Å²) in [6.07, 6.45) is 3.59. The van der Waals surface area contributed by atoms with Gasteiger partial charge in [-0.15, -0.1) is 0 Å². The summed E-state index contributed by atoms with van der Waals surface area (Å²) in [4.78, 5) is 0. The third-order valence-corrected chi connectivity index (χ3v) is 1.25. The molecule has 1 aromatic rings. The van der Waals surface area contributed by atoms with Gasteiger partial charge in [-0.05, 0) is 11.6 Å². The molecular formula is C9H10N2. The zero-order chi connectivity index (χ0) is 7.94. The summed E-state index contributed by atoms with van der Waals surface area (Å²) in [5.41, 5.74) is 1.14. The fraction of sp³-hybridized carbons (Fsp3) is 0.111. The minimum absolute atomic E-state index is 1.14. The first-order valence-corrected chi connectivity index (χ1v) is 3.44. The standard InChI is InChI=1S/C9H10N2/c1-10-11-8-7-9-5-3-2-4-6-9/h2-8H,1H3/b8-7?,11-10+. The number of nitrogens with zero attached hydrogens (tertiary/aromatic N) is 2. The maximum atomic E-state index is 3.71. The van der Waals surface area contributed by atoms with Crippen LogP contribution in [-0.4, -0.2) is 7.05 Å². The van der Waals surface area contributed by atoms with Gasteiger partial charge in [0.15, 0.2) is 0 Å². The van der Waals surface area contributed by atoms with Crippen LogP contribution in [-0.2, 0) is 0 Å². The lowest BCUT2D eigenvalue weighted by atomic mass is 10.2. The van der Waals surface area contributed by atoms with Crippen molar-refractivity contribution < 1.29 is 0 Å². The van der Waals surface area contributed by atoms with Gasteiger partial charge in [0.2, 0.25) is 0 Å². The molecule has 0 radical (unpaired) electrons.